The van der Waals surface area contributed by atoms with Crippen molar-refractivity contribution >= 4 is 35.3 Å². The predicted octanol–water partition coefficient (Wildman–Crippen LogP) is 0.868. The maximum absolute atomic E-state index is 12.4. The number of carbonyl (C=O) groups is 2. The minimum atomic E-state index is -1.29. The number of nitrogens with zero attached hydrogens (tertiary/aromatic N) is 1. The van der Waals surface area contributed by atoms with Crippen LogP contribution in [-0.4, -0.2) is 34.0 Å². The third-order valence-electron chi connectivity index (χ3n) is 4.12. The van der Waals surface area contributed by atoms with E-state index >= 15 is 0 Å². The molecule has 1 aliphatic rings. The number of nitrogens with two attached hydrogens (primary N) is 2. The molecule has 0 unspecified atom stereocenters. The van der Waals surface area contributed by atoms with Crippen LogP contribution in [0.25, 0.3) is 0 Å². The Hall–Kier alpha value is -2.43. The predicted molar refractivity (Wildman–Crippen MR) is 92.5 cm³/mol. The number of ketones is 1. The number of carboxylic acid groups (broad SMARTS) is 1. The van der Waals surface area contributed by atoms with Crippen LogP contribution in [0, 0.1) is 0 Å². The van der Waals surface area contributed by atoms with Crippen molar-refractivity contribution in [2.24, 2.45) is 5.73 Å². The second kappa shape index (κ2) is 6.83. The van der Waals surface area contributed by atoms with Gasteiger partial charge in [-0.15, -0.1) is 11.3 Å². The maximum Gasteiger partial charge on any atom is 0.526 e. The van der Waals surface area contributed by atoms with Gasteiger partial charge in [-0.1, -0.05) is 12.1 Å². The first kappa shape index (κ1) is 17.4. The van der Waals surface area contributed by atoms with Crippen molar-refractivity contribution in [1.82, 2.24) is 4.98 Å². The van der Waals surface area contributed by atoms with Gasteiger partial charge in [0, 0.05) is 17.6 Å². The van der Waals surface area contributed by atoms with Crippen LogP contribution in [-0.2, 0) is 11.2 Å². The van der Waals surface area contributed by atoms with Gasteiger partial charge in [-0.25, -0.2) is 9.78 Å². The molecule has 130 valence electrons. The van der Waals surface area contributed by atoms with Crippen molar-refractivity contribution in [2.45, 2.75) is 24.7 Å². The van der Waals surface area contributed by atoms with Crippen molar-refractivity contribution in [1.29, 1.82) is 0 Å². The van der Waals surface area contributed by atoms with E-state index in [9.17, 15) is 19.7 Å². The topological polar surface area (TPSA) is 149 Å². The van der Waals surface area contributed by atoms with Crippen LogP contribution in [0.3, 0.4) is 0 Å². The molecule has 0 bridgehead atoms. The number of benzene rings is 1. The number of aromatic nitrogens is 1. The van der Waals surface area contributed by atoms with E-state index in [1.54, 1.807) is 17.5 Å². The molecule has 10 heteroatoms. The summed E-state index contributed by atoms with van der Waals surface area (Å²) in [4.78, 5) is 27.6. The summed E-state index contributed by atoms with van der Waals surface area (Å²) in [5, 5.41) is 21.3. The average Bonchev–Trinajstić information content (AvgIpc) is 3.00. The van der Waals surface area contributed by atoms with E-state index in [1.165, 1.54) is 17.4 Å². The lowest BCUT2D eigenvalue weighted by Gasteiger charge is -2.28. The summed E-state index contributed by atoms with van der Waals surface area (Å²) in [6.07, 6.45) is 0.297. The fraction of sp³-hybridized carbons (Fsp3) is 0.267. The third-order valence-corrected chi connectivity index (χ3v) is 4.81. The number of hydrogen-bond acceptors (Lipinski definition) is 8. The van der Waals surface area contributed by atoms with Gasteiger partial charge in [-0.2, -0.15) is 0 Å². The van der Waals surface area contributed by atoms with Crippen molar-refractivity contribution in [2.75, 3.05) is 5.73 Å². The number of aromatic carboxylic acids is 1. The van der Waals surface area contributed by atoms with E-state index in [-0.39, 0.29) is 23.5 Å². The lowest BCUT2D eigenvalue weighted by molar-refractivity contribution is -0.120. The lowest BCUT2D eigenvalue weighted by atomic mass is 9.64. The molecule has 8 nitrogen and oxygen atoms in total. The molecule has 0 radical (unpaired) electrons. The molecule has 0 amide bonds. The largest absolute Gasteiger partial charge is 0.535 e. The molecule has 0 fully saturated rings. The average molecular weight is 361 g/mol. The smallest absolute Gasteiger partial charge is 0.526 e. The number of anilines is 1. The van der Waals surface area contributed by atoms with E-state index < -0.39 is 24.9 Å². The highest BCUT2D eigenvalue weighted by Gasteiger charge is 2.38. The molecule has 6 N–H and O–H groups in total. The summed E-state index contributed by atoms with van der Waals surface area (Å²) >= 11 is 1.20. The highest BCUT2D eigenvalue weighted by atomic mass is 32.1. The van der Waals surface area contributed by atoms with Crippen LogP contribution in [0.4, 0.5) is 5.13 Å². The van der Waals surface area contributed by atoms with Crippen molar-refractivity contribution in [3.8, 4) is 5.75 Å². The first-order valence-corrected chi connectivity index (χ1v) is 8.44. The summed E-state index contributed by atoms with van der Waals surface area (Å²) in [6.45, 7) is 0. The van der Waals surface area contributed by atoms with E-state index in [0.717, 1.165) is 0 Å². The Balaban J connectivity index is 1.75. The molecule has 0 aliphatic carbocycles. The summed E-state index contributed by atoms with van der Waals surface area (Å²) in [7, 11) is -1.29. The third kappa shape index (κ3) is 3.50. The van der Waals surface area contributed by atoms with Gasteiger partial charge in [0.25, 0.3) is 0 Å². The van der Waals surface area contributed by atoms with E-state index in [2.05, 4.69) is 4.98 Å². The summed E-state index contributed by atoms with van der Waals surface area (Å²) in [5.74, 6) is -1.81. The Morgan fingerprint density at radius 1 is 1.48 bits per heavy atom. The van der Waals surface area contributed by atoms with Crippen LogP contribution < -0.4 is 16.1 Å². The van der Waals surface area contributed by atoms with Crippen molar-refractivity contribution in [3.05, 3.63) is 40.4 Å². The van der Waals surface area contributed by atoms with Gasteiger partial charge in [0.05, 0.1) is 11.3 Å². The quantitative estimate of drug-likeness (QED) is 0.573. The van der Waals surface area contributed by atoms with Gasteiger partial charge in [0.15, 0.2) is 10.9 Å². The molecular formula is C15H16BN3O5S. The van der Waals surface area contributed by atoms with E-state index in [4.69, 9.17) is 16.1 Å². The number of rotatable bonds is 5. The molecule has 2 aromatic rings. The Kier molecular flexibility index (Phi) is 4.75. The minimum absolute atomic E-state index is 0.0174. The number of nitrogen functional groups attached to an aromatic ring is 1. The van der Waals surface area contributed by atoms with Gasteiger partial charge in [-0.3, -0.25) is 4.79 Å². The summed E-state index contributed by atoms with van der Waals surface area (Å²) in [5.41, 5.74) is 12.5. The van der Waals surface area contributed by atoms with Crippen LogP contribution >= 0.6 is 11.3 Å². The number of Topliss-reactive ketones (excluding diaryl/α,β-unsaturated/α-hetero) is 1. The molecule has 2 atom stereocenters. The number of carboxylic acids is 1. The van der Waals surface area contributed by atoms with Gasteiger partial charge < -0.3 is 26.3 Å². The number of carbonyl (C=O) groups excluding carboxylic acids is 1. The van der Waals surface area contributed by atoms with Crippen LogP contribution in [0.2, 0.25) is 5.82 Å². The zero-order chi connectivity index (χ0) is 18.1. The maximum atomic E-state index is 12.4. The molecule has 0 saturated heterocycles. The van der Waals surface area contributed by atoms with Crippen LogP contribution in [0.1, 0.15) is 34.1 Å². The lowest BCUT2D eigenvalue weighted by Crippen LogP contribution is -2.37. The standard InChI is InChI=1S/C15H16BN3O5S/c17-12(10-6-25-15(18)19-10)11(20)5-8-4-7-2-1-3-9(14(21)22)13(7)24-16(8)23/h1-3,6,8,12,23H,4-5,17H2,(H2,18,19)(H,21,22)/t8-,12-/m1/s1. The highest BCUT2D eigenvalue weighted by molar-refractivity contribution is 7.13. The Bertz CT molecular complexity index is 827. The molecule has 1 aromatic carbocycles. The van der Waals surface area contributed by atoms with Gasteiger partial charge in [-0.05, 0) is 18.1 Å². The number of hydrogen-bond donors (Lipinski definition) is 4. The van der Waals surface area contributed by atoms with Gasteiger partial charge in [0.2, 0.25) is 0 Å². The number of para-hydroxylation sites is 1. The van der Waals surface area contributed by atoms with Crippen LogP contribution in [0.5, 0.6) is 5.75 Å². The fourth-order valence-corrected chi connectivity index (χ4v) is 3.42. The van der Waals surface area contributed by atoms with Crippen LogP contribution in [0.15, 0.2) is 23.6 Å². The first-order chi connectivity index (χ1) is 11.9. The highest BCUT2D eigenvalue weighted by Crippen LogP contribution is 2.37. The van der Waals surface area contributed by atoms with Gasteiger partial charge in [0.1, 0.15) is 11.8 Å². The van der Waals surface area contributed by atoms with Gasteiger partial charge >= 0.3 is 13.1 Å². The molecular weight excluding hydrogens is 345 g/mol. The zero-order valence-corrected chi connectivity index (χ0v) is 13.9. The molecule has 1 aliphatic heterocycles. The van der Waals surface area contributed by atoms with Crippen molar-refractivity contribution in [3.63, 3.8) is 0 Å². The Morgan fingerprint density at radius 3 is 2.88 bits per heavy atom. The van der Waals surface area contributed by atoms with E-state index in [1.807, 2.05) is 0 Å². The molecule has 0 spiro atoms. The fourth-order valence-electron chi connectivity index (χ4n) is 2.82. The zero-order valence-electron chi connectivity index (χ0n) is 13.1. The molecule has 0 saturated carbocycles. The second-order valence-corrected chi connectivity index (χ2v) is 6.72. The van der Waals surface area contributed by atoms with E-state index in [0.29, 0.717) is 22.8 Å². The molecule has 3 rings (SSSR count). The first-order valence-electron chi connectivity index (χ1n) is 7.56. The second-order valence-electron chi connectivity index (χ2n) is 5.83. The molecule has 25 heavy (non-hydrogen) atoms. The normalized spacial score (nSPS) is 17.5. The van der Waals surface area contributed by atoms with Crippen molar-refractivity contribution < 1.29 is 24.4 Å². The minimum Gasteiger partial charge on any atom is -0.535 e. The number of thiazole rings is 1. The molecule has 2 heterocycles. The summed E-state index contributed by atoms with van der Waals surface area (Å²) < 4.78 is 5.38. The Labute approximate surface area is 147 Å². The molecule has 1 aromatic heterocycles. The Morgan fingerprint density at radius 2 is 2.24 bits per heavy atom. The number of fused-ring (bicyclic) bond motifs is 1. The SMILES string of the molecule is Nc1nc([C@@H](N)C(=O)C[C@H]2Cc3cccc(C(=O)O)c3OB2O)cs1. The summed E-state index contributed by atoms with van der Waals surface area (Å²) in [6, 6.07) is 3.80. The monoisotopic (exact) mass is 361 g/mol.